The Balaban J connectivity index is 0.000000214. The molecule has 66 heavy (non-hydrogen) atoms. The van der Waals surface area contributed by atoms with Crippen molar-refractivity contribution in [3.8, 4) is 69.5 Å². The minimum absolute atomic E-state index is 0. The van der Waals surface area contributed by atoms with Crippen molar-refractivity contribution in [2.45, 2.75) is 129 Å². The molecule has 0 fully saturated rings. The summed E-state index contributed by atoms with van der Waals surface area (Å²) in [5.74, 6) is 5.64. The van der Waals surface area contributed by atoms with Crippen LogP contribution in [0, 0.1) is 36.8 Å². The Morgan fingerprint density at radius 2 is 0.970 bits per heavy atom. The standard InChI is InChI=1S/2C28H28N.C5H8O2.Ir/c2*1-4-7-16-28(17-8-5-2)25-19-21(6-3)12-14-23(25)24-15-13-22(20-26(24)28)27-11-9-10-18-29-27;1-4(6)3-5(2)7;/h2*3,9-12,14-15,18-20H,4-5,7-8,16-17H2,1-2H3;3,6H,1-2H3;/q2*-1;;/b;;4-3-;. The van der Waals surface area contributed by atoms with Crippen LogP contribution in [0.25, 0.3) is 44.8 Å². The number of nitrogens with zero attached hydrogens (tertiary/aromatic N) is 2. The molecule has 2 heterocycles. The molecule has 6 aromatic rings. The fourth-order valence-corrected chi connectivity index (χ4v) is 9.92. The Morgan fingerprint density at radius 3 is 1.26 bits per heavy atom. The summed E-state index contributed by atoms with van der Waals surface area (Å²) in [7, 11) is 0. The number of terminal acetylenes is 2. The Bertz CT molecular complexity index is 2490. The topological polar surface area (TPSA) is 63.1 Å². The number of aliphatic hydroxyl groups is 1. The van der Waals surface area contributed by atoms with Crippen molar-refractivity contribution in [2.24, 2.45) is 0 Å². The van der Waals surface area contributed by atoms with Gasteiger partial charge in [-0.25, -0.2) is 0 Å². The minimum Gasteiger partial charge on any atom is -0.512 e. The second-order valence-electron chi connectivity index (χ2n) is 17.6. The van der Waals surface area contributed by atoms with Crippen LogP contribution in [0.5, 0.6) is 0 Å². The van der Waals surface area contributed by atoms with E-state index >= 15 is 0 Å². The molecule has 0 amide bonds. The van der Waals surface area contributed by atoms with E-state index < -0.39 is 0 Å². The predicted molar refractivity (Wildman–Crippen MR) is 270 cm³/mol. The molecule has 4 nitrogen and oxygen atoms in total. The van der Waals surface area contributed by atoms with E-state index in [1.54, 1.807) is 0 Å². The van der Waals surface area contributed by atoms with Crippen LogP contribution in [0.15, 0.2) is 121 Å². The number of carbonyl (C=O) groups is 1. The summed E-state index contributed by atoms with van der Waals surface area (Å²) < 4.78 is 0. The molecule has 2 aliphatic carbocycles. The van der Waals surface area contributed by atoms with Gasteiger partial charge in [0.05, 0.1) is 5.76 Å². The van der Waals surface area contributed by atoms with Gasteiger partial charge >= 0.3 is 0 Å². The average molecular weight is 1050 g/mol. The molecule has 0 atom stereocenters. The number of rotatable bonds is 15. The summed E-state index contributed by atoms with van der Waals surface area (Å²) in [4.78, 5) is 19.1. The van der Waals surface area contributed by atoms with Crippen LogP contribution in [0.1, 0.15) is 152 Å². The van der Waals surface area contributed by atoms with E-state index in [9.17, 15) is 4.79 Å². The quantitative estimate of drug-likeness (QED) is 0.0482. The maximum Gasteiger partial charge on any atom is 0.155 e. The van der Waals surface area contributed by atoms with Gasteiger partial charge in [0.2, 0.25) is 0 Å². The van der Waals surface area contributed by atoms with Gasteiger partial charge in [-0.2, -0.15) is 0 Å². The number of fused-ring (bicyclic) bond motifs is 6. The van der Waals surface area contributed by atoms with E-state index in [4.69, 9.17) is 18.0 Å². The van der Waals surface area contributed by atoms with Crippen molar-refractivity contribution >= 4 is 5.78 Å². The molecule has 341 valence electrons. The smallest absolute Gasteiger partial charge is 0.155 e. The van der Waals surface area contributed by atoms with Gasteiger partial charge in [-0.1, -0.05) is 150 Å². The third-order valence-corrected chi connectivity index (χ3v) is 13.0. The largest absolute Gasteiger partial charge is 0.512 e. The fraction of sp³-hybridized carbons (Fsp3) is 0.328. The van der Waals surface area contributed by atoms with Crippen LogP contribution in [0.4, 0.5) is 0 Å². The molecule has 0 saturated carbocycles. The molecule has 1 N–H and O–H groups in total. The molecule has 2 aliphatic rings. The van der Waals surface area contributed by atoms with Gasteiger partial charge in [0, 0.05) is 60.5 Å². The molecule has 0 unspecified atom stereocenters. The van der Waals surface area contributed by atoms with Crippen LogP contribution >= 0.6 is 0 Å². The van der Waals surface area contributed by atoms with E-state index in [1.165, 1.54) is 116 Å². The third-order valence-electron chi connectivity index (χ3n) is 13.0. The van der Waals surface area contributed by atoms with Gasteiger partial charge in [0.15, 0.2) is 5.78 Å². The molecular formula is C61H64IrN2O2-2. The van der Waals surface area contributed by atoms with Crippen LogP contribution in [-0.2, 0) is 35.7 Å². The van der Waals surface area contributed by atoms with E-state index in [2.05, 4.69) is 134 Å². The van der Waals surface area contributed by atoms with E-state index in [-0.39, 0.29) is 42.5 Å². The maximum atomic E-state index is 10.0. The molecule has 0 saturated heterocycles. The SMILES string of the molecule is C#Cc1ccc2c(c1)C(CCCC)(CCCC)c1cc(-c3ccccn3)[c-]cc1-2.C#Cc1ccc2c(c1)C(CCCC)(CCCC)c1cc(-c3ccccn3)[c-]cc1-2.CC(=O)/C=C(/C)O.[Ir]. The number of benzene rings is 4. The molecule has 2 aromatic heterocycles. The first kappa shape index (κ1) is 51.1. The number of unbranched alkanes of at least 4 members (excludes halogenated alkanes) is 4. The maximum absolute atomic E-state index is 10.0. The Kier molecular flexibility index (Phi) is 18.7. The minimum atomic E-state index is -0.125. The first-order valence-corrected chi connectivity index (χ1v) is 23.7. The predicted octanol–water partition coefficient (Wildman–Crippen LogP) is 15.4. The van der Waals surface area contributed by atoms with Crippen molar-refractivity contribution in [1.29, 1.82) is 0 Å². The van der Waals surface area contributed by atoms with E-state index in [0.29, 0.717) is 0 Å². The van der Waals surface area contributed by atoms with Crippen molar-refractivity contribution in [2.75, 3.05) is 0 Å². The van der Waals surface area contributed by atoms with Crippen LogP contribution in [0.3, 0.4) is 0 Å². The number of carbonyl (C=O) groups excluding carboxylic acids is 1. The molecule has 0 spiro atoms. The van der Waals surface area contributed by atoms with E-state index in [0.717, 1.165) is 59.3 Å². The van der Waals surface area contributed by atoms with Gasteiger partial charge in [-0.15, -0.1) is 71.5 Å². The van der Waals surface area contributed by atoms with Gasteiger partial charge in [-0.05, 0) is 98.4 Å². The van der Waals surface area contributed by atoms with Crippen molar-refractivity contribution in [3.63, 3.8) is 0 Å². The molecule has 5 heteroatoms. The summed E-state index contributed by atoms with van der Waals surface area (Å²) >= 11 is 0. The molecular weight excluding hydrogens is 985 g/mol. The molecule has 0 bridgehead atoms. The first-order valence-electron chi connectivity index (χ1n) is 23.7. The zero-order chi connectivity index (χ0) is 46.4. The summed E-state index contributed by atoms with van der Waals surface area (Å²) in [5.41, 5.74) is 17.1. The van der Waals surface area contributed by atoms with Gasteiger partial charge in [0.25, 0.3) is 0 Å². The van der Waals surface area contributed by atoms with Crippen molar-refractivity contribution in [3.05, 3.63) is 167 Å². The Morgan fingerprint density at radius 1 is 0.591 bits per heavy atom. The normalized spacial score (nSPS) is 13.1. The van der Waals surface area contributed by atoms with Gasteiger partial charge < -0.3 is 15.1 Å². The number of hydrogen-bond donors (Lipinski definition) is 1. The number of aliphatic hydroxyl groups excluding tert-OH is 1. The summed E-state index contributed by atoms with van der Waals surface area (Å²) in [6.45, 7) is 12.0. The zero-order valence-electron chi connectivity index (χ0n) is 39.7. The van der Waals surface area contributed by atoms with Crippen LogP contribution in [-0.4, -0.2) is 20.9 Å². The molecule has 8 rings (SSSR count). The first-order chi connectivity index (χ1) is 31.6. The second kappa shape index (κ2) is 24.1. The zero-order valence-corrected chi connectivity index (χ0v) is 42.1. The van der Waals surface area contributed by atoms with Crippen LogP contribution < -0.4 is 0 Å². The molecule has 4 aromatic carbocycles. The van der Waals surface area contributed by atoms with Gasteiger partial charge in [0.1, 0.15) is 0 Å². The molecule has 1 radical (unpaired) electrons. The van der Waals surface area contributed by atoms with E-state index in [1.807, 2.05) is 36.7 Å². The average Bonchev–Trinajstić information content (AvgIpc) is 3.76. The number of allylic oxidation sites excluding steroid dienone is 2. The summed E-state index contributed by atoms with van der Waals surface area (Å²) in [6.07, 6.45) is 30.7. The summed E-state index contributed by atoms with van der Waals surface area (Å²) in [6, 6.07) is 41.3. The summed E-state index contributed by atoms with van der Waals surface area (Å²) in [5, 5.41) is 8.36. The van der Waals surface area contributed by atoms with Crippen molar-refractivity contribution in [1.82, 2.24) is 9.97 Å². The van der Waals surface area contributed by atoms with Gasteiger partial charge in [-0.3, -0.25) is 4.79 Å². The van der Waals surface area contributed by atoms with Crippen LogP contribution in [0.2, 0.25) is 0 Å². The number of pyridine rings is 2. The monoisotopic (exact) mass is 1050 g/mol. The molecule has 0 aliphatic heterocycles. The fourth-order valence-electron chi connectivity index (χ4n) is 9.92. The van der Waals surface area contributed by atoms with Crippen molar-refractivity contribution < 1.29 is 30.0 Å². The number of hydrogen-bond acceptors (Lipinski definition) is 4. The second-order valence-corrected chi connectivity index (χ2v) is 17.6. The Hall–Kier alpha value is -5.84. The Labute approximate surface area is 409 Å². The number of ketones is 1. The third kappa shape index (κ3) is 11.2. The number of aromatic nitrogens is 2.